The SMILES string of the molecule is Cn1ccocc2n1-c1cnccc1C2. The van der Waals surface area contributed by atoms with Gasteiger partial charge in [0, 0.05) is 19.7 Å². The summed E-state index contributed by atoms with van der Waals surface area (Å²) in [4.78, 5) is 4.15. The zero-order valence-electron chi connectivity index (χ0n) is 8.42. The highest BCUT2D eigenvalue weighted by molar-refractivity contribution is 5.45. The Hall–Kier alpha value is -1.97. The number of hydrogen-bond donors (Lipinski definition) is 0. The Morgan fingerprint density at radius 1 is 1.47 bits per heavy atom. The van der Waals surface area contributed by atoms with E-state index in [-0.39, 0.29) is 0 Å². The molecule has 0 fully saturated rings. The molecule has 0 atom stereocenters. The van der Waals surface area contributed by atoms with Crippen molar-refractivity contribution < 1.29 is 4.42 Å². The molecule has 0 saturated carbocycles. The Balaban J connectivity index is 2.37. The van der Waals surface area contributed by atoms with Gasteiger partial charge in [-0.15, -0.1) is 0 Å². The summed E-state index contributed by atoms with van der Waals surface area (Å²) < 4.78 is 9.36. The van der Waals surface area contributed by atoms with Crippen LogP contribution in [0.5, 0.6) is 0 Å². The molecular weight excluding hydrogens is 190 g/mol. The molecule has 76 valence electrons. The summed E-state index contributed by atoms with van der Waals surface area (Å²) in [6, 6.07) is 2.04. The van der Waals surface area contributed by atoms with Crippen molar-refractivity contribution in [1.29, 1.82) is 0 Å². The van der Waals surface area contributed by atoms with Crippen molar-refractivity contribution in [1.82, 2.24) is 14.3 Å². The van der Waals surface area contributed by atoms with Crippen molar-refractivity contribution >= 4 is 0 Å². The minimum atomic E-state index is 0.893. The van der Waals surface area contributed by atoms with Crippen molar-refractivity contribution in [2.24, 2.45) is 7.05 Å². The van der Waals surface area contributed by atoms with Crippen LogP contribution in [-0.4, -0.2) is 14.3 Å². The third kappa shape index (κ3) is 1.18. The molecule has 3 heterocycles. The molecule has 3 rings (SSSR count). The maximum atomic E-state index is 5.26. The van der Waals surface area contributed by atoms with Gasteiger partial charge in [-0.05, 0) is 11.6 Å². The number of aryl methyl sites for hydroxylation is 1. The molecule has 0 spiro atoms. The minimum Gasteiger partial charge on any atom is -0.469 e. The van der Waals surface area contributed by atoms with Gasteiger partial charge < -0.3 is 4.42 Å². The lowest BCUT2D eigenvalue weighted by atomic mass is 10.2. The topological polar surface area (TPSA) is 35.9 Å². The summed E-state index contributed by atoms with van der Waals surface area (Å²) in [5, 5.41) is 0. The van der Waals surface area contributed by atoms with Crippen LogP contribution in [0.15, 0.2) is 41.6 Å². The van der Waals surface area contributed by atoms with Gasteiger partial charge in [-0.2, -0.15) is 0 Å². The van der Waals surface area contributed by atoms with E-state index < -0.39 is 0 Å². The molecule has 4 heteroatoms. The fourth-order valence-electron chi connectivity index (χ4n) is 1.95. The van der Waals surface area contributed by atoms with Crippen LogP contribution in [0.4, 0.5) is 0 Å². The molecule has 15 heavy (non-hydrogen) atoms. The molecule has 2 aromatic rings. The Morgan fingerprint density at radius 2 is 2.40 bits per heavy atom. The Bertz CT molecular complexity index is 546. The zero-order valence-corrected chi connectivity index (χ0v) is 8.42. The van der Waals surface area contributed by atoms with Gasteiger partial charge in [0.2, 0.25) is 0 Å². The number of hydrogen-bond acceptors (Lipinski definition) is 2. The average Bonchev–Trinajstić information content (AvgIpc) is 2.53. The second-order valence-corrected chi connectivity index (χ2v) is 3.60. The van der Waals surface area contributed by atoms with Crippen LogP contribution in [0.25, 0.3) is 5.69 Å². The lowest BCUT2D eigenvalue weighted by Gasteiger charge is -2.08. The van der Waals surface area contributed by atoms with Gasteiger partial charge >= 0.3 is 0 Å². The predicted octanol–water partition coefficient (Wildman–Crippen LogP) is 1.83. The van der Waals surface area contributed by atoms with E-state index >= 15 is 0 Å². The highest BCUT2D eigenvalue weighted by atomic mass is 16.3. The Kier molecular flexibility index (Phi) is 1.68. The molecular formula is C11H11N3O. The van der Waals surface area contributed by atoms with Gasteiger partial charge in [0.1, 0.15) is 12.5 Å². The van der Waals surface area contributed by atoms with Crippen LogP contribution in [0.1, 0.15) is 11.3 Å². The fraction of sp³-hybridized carbons (Fsp3) is 0.182. The summed E-state index contributed by atoms with van der Waals surface area (Å²) in [6.45, 7) is 0. The third-order valence-corrected chi connectivity index (χ3v) is 2.63. The van der Waals surface area contributed by atoms with E-state index in [1.165, 1.54) is 5.56 Å². The molecule has 0 aliphatic carbocycles. The number of pyridine rings is 1. The molecule has 0 saturated heterocycles. The quantitative estimate of drug-likeness (QED) is 0.556. The van der Waals surface area contributed by atoms with E-state index in [1.807, 2.05) is 36.4 Å². The molecule has 0 unspecified atom stereocenters. The summed E-state index contributed by atoms with van der Waals surface area (Å²) in [7, 11) is 1.99. The molecule has 1 aliphatic rings. The van der Waals surface area contributed by atoms with E-state index in [4.69, 9.17) is 4.42 Å². The maximum Gasteiger partial charge on any atom is 0.112 e. The van der Waals surface area contributed by atoms with Crippen molar-refractivity contribution in [2.75, 3.05) is 0 Å². The fourth-order valence-corrected chi connectivity index (χ4v) is 1.95. The Labute approximate surface area is 87.1 Å². The van der Waals surface area contributed by atoms with E-state index in [0.717, 1.165) is 17.8 Å². The van der Waals surface area contributed by atoms with Crippen LogP contribution in [-0.2, 0) is 13.5 Å². The van der Waals surface area contributed by atoms with E-state index in [0.29, 0.717) is 0 Å². The van der Waals surface area contributed by atoms with Gasteiger partial charge in [0.15, 0.2) is 0 Å². The summed E-state index contributed by atoms with van der Waals surface area (Å²) >= 11 is 0. The van der Waals surface area contributed by atoms with Gasteiger partial charge in [0.05, 0.1) is 23.8 Å². The number of fused-ring (bicyclic) bond motifs is 3. The highest BCUT2D eigenvalue weighted by Crippen LogP contribution is 2.24. The monoisotopic (exact) mass is 201 g/mol. The van der Waals surface area contributed by atoms with Crippen molar-refractivity contribution in [3.05, 3.63) is 48.4 Å². The van der Waals surface area contributed by atoms with Gasteiger partial charge in [-0.3, -0.25) is 14.3 Å². The molecule has 2 aromatic heterocycles. The predicted molar refractivity (Wildman–Crippen MR) is 55.2 cm³/mol. The van der Waals surface area contributed by atoms with Crippen molar-refractivity contribution in [3.8, 4) is 5.69 Å². The molecule has 0 aromatic carbocycles. The molecule has 0 bridgehead atoms. The second-order valence-electron chi connectivity index (χ2n) is 3.60. The summed E-state index contributed by atoms with van der Waals surface area (Å²) in [5.41, 5.74) is 3.54. The molecule has 4 nitrogen and oxygen atoms in total. The molecule has 0 N–H and O–H groups in total. The normalized spacial score (nSPS) is 12.1. The standard InChI is InChI=1S/C11H11N3O/c1-13-4-5-15-8-10-6-9-2-3-12-7-11(9)14(10)13/h2-5,7-8H,6H2,1H3. The van der Waals surface area contributed by atoms with Crippen LogP contribution in [0.3, 0.4) is 0 Å². The molecule has 0 amide bonds. The van der Waals surface area contributed by atoms with Gasteiger partial charge in [0.25, 0.3) is 0 Å². The molecule has 1 aliphatic heterocycles. The number of nitrogens with zero attached hydrogens (tertiary/aromatic N) is 3. The first-order valence-electron chi connectivity index (χ1n) is 4.83. The smallest absolute Gasteiger partial charge is 0.112 e. The lowest BCUT2D eigenvalue weighted by Crippen LogP contribution is -2.08. The minimum absolute atomic E-state index is 0.893. The average molecular weight is 201 g/mol. The third-order valence-electron chi connectivity index (χ3n) is 2.63. The Morgan fingerprint density at radius 3 is 3.33 bits per heavy atom. The van der Waals surface area contributed by atoms with E-state index in [9.17, 15) is 0 Å². The van der Waals surface area contributed by atoms with Crippen molar-refractivity contribution in [2.45, 2.75) is 6.42 Å². The highest BCUT2D eigenvalue weighted by Gasteiger charge is 2.17. The first-order valence-corrected chi connectivity index (χ1v) is 4.83. The van der Waals surface area contributed by atoms with Gasteiger partial charge in [-0.25, -0.2) is 0 Å². The van der Waals surface area contributed by atoms with E-state index in [2.05, 4.69) is 9.67 Å². The van der Waals surface area contributed by atoms with Crippen molar-refractivity contribution in [3.63, 3.8) is 0 Å². The number of aromatic nitrogens is 3. The van der Waals surface area contributed by atoms with Crippen LogP contribution in [0, 0.1) is 0 Å². The largest absolute Gasteiger partial charge is 0.469 e. The second kappa shape index (κ2) is 3.02. The van der Waals surface area contributed by atoms with Gasteiger partial charge in [-0.1, -0.05) is 0 Å². The van der Waals surface area contributed by atoms with E-state index in [1.54, 1.807) is 12.5 Å². The van der Waals surface area contributed by atoms with Crippen LogP contribution >= 0.6 is 0 Å². The lowest BCUT2D eigenvalue weighted by molar-refractivity contribution is 0.548. The molecule has 0 radical (unpaired) electrons. The first kappa shape index (κ1) is 8.35. The zero-order chi connectivity index (χ0) is 10.3. The van der Waals surface area contributed by atoms with Crippen LogP contribution in [0.2, 0.25) is 0 Å². The number of rotatable bonds is 0. The summed E-state index contributed by atoms with van der Waals surface area (Å²) in [6.07, 6.45) is 9.92. The summed E-state index contributed by atoms with van der Waals surface area (Å²) in [5.74, 6) is 0. The van der Waals surface area contributed by atoms with Crippen LogP contribution < -0.4 is 0 Å². The maximum absolute atomic E-state index is 5.26. The first-order chi connectivity index (χ1) is 7.36.